The van der Waals surface area contributed by atoms with E-state index >= 15 is 0 Å². The van der Waals surface area contributed by atoms with Crippen molar-refractivity contribution in [3.05, 3.63) is 235 Å². The first-order chi connectivity index (χ1) is 28.3. The monoisotopic (exact) mass is 725 g/mol. The molecule has 0 unspecified atom stereocenters. The highest BCUT2D eigenvalue weighted by molar-refractivity contribution is 6.14. The number of anilines is 3. The third-order valence-corrected chi connectivity index (χ3v) is 12.3. The highest BCUT2D eigenvalue weighted by Crippen LogP contribution is 2.62. The van der Waals surface area contributed by atoms with Gasteiger partial charge in [0.15, 0.2) is 0 Å². The molecule has 2 aliphatic rings. The Hall–Kier alpha value is -7.42. The molecular weight excluding hydrogens is 691 g/mol. The van der Waals surface area contributed by atoms with Gasteiger partial charge in [-0.25, -0.2) is 0 Å². The maximum Gasteiger partial charge on any atom is 0.137 e. The first kappa shape index (κ1) is 31.9. The number of hydrogen-bond donors (Lipinski definition) is 0. The molecule has 0 aliphatic heterocycles. The van der Waals surface area contributed by atoms with Crippen LogP contribution in [-0.4, -0.2) is 0 Å². The van der Waals surface area contributed by atoms with Crippen LogP contribution in [0.1, 0.15) is 22.3 Å². The number of para-hydroxylation sites is 2. The normalized spacial score (nSPS) is 13.1. The van der Waals surface area contributed by atoms with Crippen molar-refractivity contribution in [2.24, 2.45) is 0 Å². The van der Waals surface area contributed by atoms with E-state index in [9.17, 15) is 0 Å². The number of furan rings is 1. The smallest absolute Gasteiger partial charge is 0.137 e. The number of hydrogen-bond acceptors (Lipinski definition) is 2. The predicted molar refractivity (Wildman–Crippen MR) is 236 cm³/mol. The molecule has 2 aliphatic carbocycles. The minimum atomic E-state index is -0.537. The quantitative estimate of drug-likeness (QED) is 0.180. The van der Waals surface area contributed by atoms with Gasteiger partial charge in [0.05, 0.1) is 22.2 Å². The third kappa shape index (κ3) is 4.47. The second-order valence-electron chi connectivity index (χ2n) is 15.1. The summed E-state index contributed by atoms with van der Waals surface area (Å²) in [5, 5.41) is 2.19. The molecule has 0 saturated carbocycles. The van der Waals surface area contributed by atoms with Crippen molar-refractivity contribution >= 4 is 39.0 Å². The lowest BCUT2D eigenvalue weighted by atomic mass is 9.66. The molecule has 0 N–H and O–H groups in total. The minimum Gasteiger partial charge on any atom is -0.456 e. The fourth-order valence-corrected chi connectivity index (χ4v) is 10.1. The van der Waals surface area contributed by atoms with Gasteiger partial charge in [-0.15, -0.1) is 0 Å². The second kappa shape index (κ2) is 12.3. The van der Waals surface area contributed by atoms with Crippen molar-refractivity contribution in [3.63, 3.8) is 0 Å². The van der Waals surface area contributed by atoms with Crippen LogP contribution in [0.2, 0.25) is 0 Å². The van der Waals surface area contributed by atoms with Crippen molar-refractivity contribution in [1.29, 1.82) is 0 Å². The van der Waals surface area contributed by atoms with E-state index < -0.39 is 5.41 Å². The molecule has 0 amide bonds. The van der Waals surface area contributed by atoms with Gasteiger partial charge in [-0.2, -0.15) is 0 Å². The van der Waals surface area contributed by atoms with E-state index in [0.29, 0.717) is 0 Å². The van der Waals surface area contributed by atoms with Crippen LogP contribution in [0.4, 0.5) is 17.1 Å². The number of nitrogens with zero attached hydrogens (tertiary/aromatic N) is 1. The van der Waals surface area contributed by atoms with E-state index in [1.807, 2.05) is 6.07 Å². The molecule has 2 heteroatoms. The maximum absolute atomic E-state index is 6.52. The van der Waals surface area contributed by atoms with Crippen molar-refractivity contribution in [1.82, 2.24) is 0 Å². The van der Waals surface area contributed by atoms with E-state index in [1.54, 1.807) is 0 Å². The Bertz CT molecular complexity index is 3160. The molecule has 9 aromatic carbocycles. The van der Waals surface area contributed by atoms with Crippen molar-refractivity contribution in [2.45, 2.75) is 5.41 Å². The van der Waals surface area contributed by atoms with Gasteiger partial charge < -0.3 is 9.32 Å². The van der Waals surface area contributed by atoms with Crippen LogP contribution >= 0.6 is 0 Å². The summed E-state index contributed by atoms with van der Waals surface area (Å²) in [6.45, 7) is 0. The van der Waals surface area contributed by atoms with Crippen molar-refractivity contribution in [3.8, 4) is 44.5 Å². The zero-order valence-corrected chi connectivity index (χ0v) is 31.1. The van der Waals surface area contributed by atoms with Crippen LogP contribution in [0.5, 0.6) is 0 Å². The summed E-state index contributed by atoms with van der Waals surface area (Å²) in [6.07, 6.45) is 0. The first-order valence-corrected chi connectivity index (χ1v) is 19.7. The highest BCUT2D eigenvalue weighted by atomic mass is 16.3. The Morgan fingerprint density at radius 3 is 1.53 bits per heavy atom. The van der Waals surface area contributed by atoms with E-state index in [0.717, 1.165) is 50.1 Å². The fourth-order valence-electron chi connectivity index (χ4n) is 10.1. The molecule has 57 heavy (non-hydrogen) atoms. The average molecular weight is 726 g/mol. The topological polar surface area (TPSA) is 16.4 Å². The summed E-state index contributed by atoms with van der Waals surface area (Å²) >= 11 is 0. The SMILES string of the molecule is c1ccc(-c2ccccc2N(c2ccc3c(c2)-c2ccccc2-c2ccccc2C32c3ccccc3-c3ccccc32)c2cccc3oc4ccccc4c23)cc1. The predicted octanol–water partition coefficient (Wildman–Crippen LogP) is 14.7. The van der Waals surface area contributed by atoms with Crippen LogP contribution in [0, 0.1) is 0 Å². The lowest BCUT2D eigenvalue weighted by Gasteiger charge is -2.36. The molecule has 1 aromatic heterocycles. The molecule has 10 aromatic rings. The third-order valence-electron chi connectivity index (χ3n) is 12.3. The molecule has 0 radical (unpaired) electrons. The molecular formula is C55H35NO. The zero-order chi connectivity index (χ0) is 37.5. The standard InChI is InChI=1S/C55H35NO/c1-2-17-36(18-3-1)38-19-9-14-29-50(38)56(51-30-16-32-53-54(51)44-25-10-15-31-52(44)57-53)37-33-34-49-45(35-37)40-21-5-4-20-39(40)41-22-6-11-26-46(41)55(49)47-27-12-7-23-42(47)43-24-8-13-28-48(43)55/h1-35H. The van der Waals surface area contributed by atoms with Gasteiger partial charge in [0.25, 0.3) is 0 Å². The number of fused-ring (bicyclic) bond motifs is 15. The first-order valence-electron chi connectivity index (χ1n) is 19.7. The van der Waals surface area contributed by atoms with Gasteiger partial charge in [0.2, 0.25) is 0 Å². The second-order valence-corrected chi connectivity index (χ2v) is 15.1. The molecule has 0 fully saturated rings. The van der Waals surface area contributed by atoms with E-state index in [1.165, 1.54) is 55.6 Å². The number of rotatable bonds is 4. The van der Waals surface area contributed by atoms with Crippen LogP contribution in [-0.2, 0) is 5.41 Å². The van der Waals surface area contributed by atoms with Gasteiger partial charge in [-0.05, 0) is 97.6 Å². The molecule has 0 bridgehead atoms. The summed E-state index contributed by atoms with van der Waals surface area (Å²) in [6, 6.07) is 77.7. The van der Waals surface area contributed by atoms with Gasteiger partial charge in [0, 0.05) is 16.6 Å². The van der Waals surface area contributed by atoms with Crippen LogP contribution in [0.25, 0.3) is 66.4 Å². The van der Waals surface area contributed by atoms with E-state index in [-0.39, 0.29) is 0 Å². The van der Waals surface area contributed by atoms with Gasteiger partial charge in [0.1, 0.15) is 11.2 Å². The van der Waals surface area contributed by atoms with Gasteiger partial charge >= 0.3 is 0 Å². The molecule has 266 valence electrons. The zero-order valence-electron chi connectivity index (χ0n) is 31.1. The molecule has 0 saturated heterocycles. The fraction of sp³-hybridized carbons (Fsp3) is 0.0182. The van der Waals surface area contributed by atoms with E-state index in [2.05, 4.69) is 211 Å². The van der Waals surface area contributed by atoms with Crippen molar-refractivity contribution in [2.75, 3.05) is 4.90 Å². The molecule has 1 spiro atoms. The summed E-state index contributed by atoms with van der Waals surface area (Å²) in [5.74, 6) is 0. The Kier molecular flexibility index (Phi) is 6.88. The Balaban J connectivity index is 1.21. The highest BCUT2D eigenvalue weighted by Gasteiger charge is 2.49. The molecule has 2 nitrogen and oxygen atoms in total. The maximum atomic E-state index is 6.52. The van der Waals surface area contributed by atoms with Crippen LogP contribution in [0.15, 0.2) is 217 Å². The van der Waals surface area contributed by atoms with Crippen LogP contribution in [0.3, 0.4) is 0 Å². The van der Waals surface area contributed by atoms with Crippen molar-refractivity contribution < 1.29 is 4.42 Å². The summed E-state index contributed by atoms with van der Waals surface area (Å²) in [4.78, 5) is 2.46. The molecule has 12 rings (SSSR count). The summed E-state index contributed by atoms with van der Waals surface area (Å²) < 4.78 is 6.52. The average Bonchev–Trinajstić information content (AvgIpc) is 3.78. The van der Waals surface area contributed by atoms with Crippen LogP contribution < -0.4 is 4.90 Å². The number of benzene rings is 9. The lowest BCUT2D eigenvalue weighted by Crippen LogP contribution is -2.29. The Labute approximate surface area is 331 Å². The van der Waals surface area contributed by atoms with E-state index in [4.69, 9.17) is 4.42 Å². The Morgan fingerprint density at radius 2 is 0.825 bits per heavy atom. The summed E-state index contributed by atoms with van der Waals surface area (Å²) in [7, 11) is 0. The largest absolute Gasteiger partial charge is 0.456 e. The van der Waals surface area contributed by atoms with Gasteiger partial charge in [-0.3, -0.25) is 0 Å². The minimum absolute atomic E-state index is 0.537. The molecule has 0 atom stereocenters. The van der Waals surface area contributed by atoms with Gasteiger partial charge in [-0.1, -0.05) is 176 Å². The molecule has 1 heterocycles. The lowest BCUT2D eigenvalue weighted by molar-refractivity contribution is 0.669. The Morgan fingerprint density at radius 1 is 0.333 bits per heavy atom. The summed E-state index contributed by atoms with van der Waals surface area (Å²) in [5.41, 5.74) is 19.5.